The van der Waals surface area contributed by atoms with Crippen LogP contribution in [0.2, 0.25) is 0 Å². The second-order valence-electron chi connectivity index (χ2n) is 2.01. The van der Waals surface area contributed by atoms with Crippen LogP contribution in [0.3, 0.4) is 0 Å². The van der Waals surface area contributed by atoms with E-state index in [1.165, 1.54) is 6.92 Å². The maximum absolute atomic E-state index is 9.60. The molecule has 0 aliphatic rings. The molecule has 0 rings (SSSR count). The van der Waals surface area contributed by atoms with Gasteiger partial charge in [-0.1, -0.05) is 6.58 Å². The molecule has 0 aliphatic heterocycles. The Kier molecular flexibility index (Phi) is 10.7. The monoisotopic (exact) mass is 209 g/mol. The van der Waals surface area contributed by atoms with Crippen LogP contribution >= 0.6 is 0 Å². The van der Waals surface area contributed by atoms with E-state index in [0.717, 1.165) is 0 Å². The Morgan fingerprint density at radius 2 is 2.00 bits per heavy atom. The van der Waals surface area contributed by atoms with Crippen LogP contribution in [0.1, 0.15) is 13.8 Å². The molecule has 1 N–H and O–H groups in total. The maximum atomic E-state index is 9.60. The first-order valence-electron chi connectivity index (χ1n) is 3.19. The summed E-state index contributed by atoms with van der Waals surface area (Å²) < 4.78 is 9.35. The van der Waals surface area contributed by atoms with Crippen molar-refractivity contribution >= 4 is 5.97 Å². The third-order valence-corrected chi connectivity index (χ3v) is 1.38. The van der Waals surface area contributed by atoms with Gasteiger partial charge >= 0.3 is 55.2 Å². The van der Waals surface area contributed by atoms with Gasteiger partial charge in [0.2, 0.25) is 0 Å². The standard InChI is InChI=1S/C4H6O2.C3H7O2.Ti/c1-3(2)4(5)6;1-3(4)5-2;/h1H2,2H3,(H,5,6);3H,1-2H3;/q;-1;+1. The molecule has 0 saturated carbocycles. The van der Waals surface area contributed by atoms with Crippen molar-refractivity contribution < 1.29 is 38.8 Å². The van der Waals surface area contributed by atoms with Crippen molar-refractivity contribution in [1.29, 1.82) is 0 Å². The zero-order chi connectivity index (χ0) is 10.1. The van der Waals surface area contributed by atoms with Gasteiger partial charge in [-0.25, -0.2) is 4.79 Å². The quantitative estimate of drug-likeness (QED) is 0.429. The predicted molar refractivity (Wildman–Crippen MR) is 40.0 cm³/mol. The van der Waals surface area contributed by atoms with Gasteiger partial charge in [-0.15, -0.1) is 0 Å². The number of carboxylic acid groups (broad SMARTS) is 1. The number of carboxylic acids is 1. The molecule has 0 heterocycles. The molecule has 0 radical (unpaired) electrons. The molecule has 0 spiro atoms. The molecular formula is C7H13O4Ti. The summed E-state index contributed by atoms with van der Waals surface area (Å²) >= 11 is 1.61. The number of hydrogen-bond donors (Lipinski definition) is 1. The van der Waals surface area contributed by atoms with Crippen molar-refractivity contribution in [2.45, 2.75) is 20.1 Å². The van der Waals surface area contributed by atoms with E-state index in [0.29, 0.717) is 0 Å². The van der Waals surface area contributed by atoms with E-state index in [4.69, 9.17) is 5.11 Å². The zero-order valence-corrected chi connectivity index (χ0v) is 9.02. The number of hydrogen-bond acceptors (Lipinski definition) is 3. The van der Waals surface area contributed by atoms with Crippen molar-refractivity contribution in [2.75, 3.05) is 7.11 Å². The third kappa shape index (κ3) is 12.5. The number of ether oxygens (including phenoxy) is 1. The molecule has 0 aromatic carbocycles. The van der Waals surface area contributed by atoms with Crippen LogP contribution in [0, 0.1) is 0 Å². The molecule has 0 aliphatic carbocycles. The van der Waals surface area contributed by atoms with Gasteiger partial charge in [0, 0.05) is 5.57 Å². The molecule has 0 aromatic rings. The van der Waals surface area contributed by atoms with Crippen molar-refractivity contribution in [3.63, 3.8) is 0 Å². The molecule has 1 unspecified atom stereocenters. The summed E-state index contributed by atoms with van der Waals surface area (Å²) in [5.41, 5.74) is 0.176. The van der Waals surface area contributed by atoms with E-state index in [2.05, 4.69) is 14.6 Å². The number of aliphatic carboxylic acids is 1. The SMILES string of the molecule is C=C(C)C(=O)O.COC(C)[O][Ti]. The van der Waals surface area contributed by atoms with Gasteiger partial charge in [0.25, 0.3) is 0 Å². The van der Waals surface area contributed by atoms with E-state index < -0.39 is 5.97 Å². The third-order valence-electron chi connectivity index (χ3n) is 0.863. The fourth-order valence-electron chi connectivity index (χ4n) is 0.0481. The van der Waals surface area contributed by atoms with Gasteiger partial charge in [-0.3, -0.25) is 0 Å². The van der Waals surface area contributed by atoms with Gasteiger partial charge < -0.3 is 5.11 Å². The molecular weight excluding hydrogens is 196 g/mol. The number of rotatable bonds is 3. The van der Waals surface area contributed by atoms with Crippen LogP contribution in [-0.2, 0) is 33.7 Å². The van der Waals surface area contributed by atoms with E-state index in [1.54, 1.807) is 27.9 Å². The fourth-order valence-corrected chi connectivity index (χ4v) is 0.198. The first kappa shape index (κ1) is 14.4. The summed E-state index contributed by atoms with van der Waals surface area (Å²) in [4.78, 5) is 9.60. The van der Waals surface area contributed by atoms with E-state index >= 15 is 0 Å². The van der Waals surface area contributed by atoms with E-state index in [-0.39, 0.29) is 11.9 Å². The van der Waals surface area contributed by atoms with Crippen LogP contribution < -0.4 is 0 Å². The second kappa shape index (κ2) is 8.94. The molecule has 1 atom stereocenters. The normalized spacial score (nSPS) is 10.8. The first-order chi connectivity index (χ1) is 5.45. The molecule has 0 bridgehead atoms. The predicted octanol–water partition coefficient (Wildman–Crippen LogP) is 1.10. The minimum atomic E-state index is -0.935. The average molecular weight is 209 g/mol. The zero-order valence-electron chi connectivity index (χ0n) is 7.46. The summed E-state index contributed by atoms with van der Waals surface area (Å²) in [7, 11) is 1.61. The van der Waals surface area contributed by atoms with Crippen molar-refractivity contribution in [3.8, 4) is 0 Å². The Hall–Kier alpha value is -0.156. The molecule has 69 valence electrons. The van der Waals surface area contributed by atoms with Gasteiger partial charge in [0.15, 0.2) is 0 Å². The van der Waals surface area contributed by atoms with Gasteiger partial charge in [-0.05, 0) is 6.92 Å². The van der Waals surface area contributed by atoms with Crippen LogP contribution in [0.15, 0.2) is 12.2 Å². The number of methoxy groups -OCH3 is 1. The molecule has 4 nitrogen and oxygen atoms in total. The Morgan fingerprint density at radius 3 is 2.00 bits per heavy atom. The topological polar surface area (TPSA) is 55.8 Å². The Bertz CT molecular complexity index is 130. The average Bonchev–Trinajstić information content (AvgIpc) is 2.04. The van der Waals surface area contributed by atoms with Crippen LogP contribution in [0.25, 0.3) is 0 Å². The van der Waals surface area contributed by atoms with Crippen molar-refractivity contribution in [3.05, 3.63) is 12.2 Å². The second-order valence-corrected chi connectivity index (χ2v) is 2.37. The van der Waals surface area contributed by atoms with Crippen LogP contribution in [0.4, 0.5) is 0 Å². The van der Waals surface area contributed by atoms with Crippen molar-refractivity contribution in [2.24, 2.45) is 0 Å². The number of carbonyl (C=O) groups is 1. The van der Waals surface area contributed by atoms with Crippen LogP contribution in [-0.4, -0.2) is 24.5 Å². The van der Waals surface area contributed by atoms with Crippen molar-refractivity contribution in [1.82, 2.24) is 0 Å². The first-order valence-corrected chi connectivity index (χ1v) is 3.83. The molecule has 5 heteroatoms. The summed E-state index contributed by atoms with van der Waals surface area (Å²) in [6.07, 6.45) is -0.0648. The van der Waals surface area contributed by atoms with E-state index in [9.17, 15) is 4.79 Å². The summed E-state index contributed by atoms with van der Waals surface area (Å²) in [6, 6.07) is 0. The molecule has 0 saturated heterocycles. The summed E-state index contributed by atoms with van der Waals surface area (Å²) in [6.45, 7) is 6.44. The van der Waals surface area contributed by atoms with Gasteiger partial charge in [0.05, 0.1) is 0 Å². The van der Waals surface area contributed by atoms with Gasteiger partial charge in [0.1, 0.15) is 0 Å². The molecule has 0 aromatic heterocycles. The summed E-state index contributed by atoms with van der Waals surface area (Å²) in [5, 5.41) is 7.89. The Balaban J connectivity index is 0. The molecule has 0 fully saturated rings. The molecule has 12 heavy (non-hydrogen) atoms. The Morgan fingerprint density at radius 1 is 1.67 bits per heavy atom. The summed E-state index contributed by atoms with van der Waals surface area (Å²) in [5.74, 6) is -0.935. The minimum absolute atomic E-state index is 0.0648. The van der Waals surface area contributed by atoms with Gasteiger partial charge in [-0.2, -0.15) is 0 Å². The fraction of sp³-hybridized carbons (Fsp3) is 0.571. The van der Waals surface area contributed by atoms with E-state index in [1.807, 2.05) is 6.92 Å². The van der Waals surface area contributed by atoms with Crippen LogP contribution in [0.5, 0.6) is 0 Å². The Labute approximate surface area is 84.4 Å². The molecule has 0 amide bonds.